The smallest absolute Gasteiger partial charge is 0.349 e. The molecule has 8 heteroatoms. The van der Waals surface area contributed by atoms with Crippen LogP contribution in [0.15, 0.2) is 18.2 Å². The summed E-state index contributed by atoms with van der Waals surface area (Å²) in [5.74, 6) is -1.72. The molecule has 2 fully saturated rings. The summed E-state index contributed by atoms with van der Waals surface area (Å²) in [5, 5.41) is 6.07. The van der Waals surface area contributed by atoms with Gasteiger partial charge in [0.15, 0.2) is 0 Å². The summed E-state index contributed by atoms with van der Waals surface area (Å²) in [6, 6.07) is 2.42. The van der Waals surface area contributed by atoms with E-state index < -0.39 is 29.0 Å². The second-order valence-electron chi connectivity index (χ2n) is 5.97. The quantitative estimate of drug-likeness (QED) is 0.802. The average Bonchev–Trinajstić information content (AvgIpc) is 2.77. The zero-order valence-electron chi connectivity index (χ0n) is 12.1. The molecule has 3 nitrogen and oxygen atoms in total. The van der Waals surface area contributed by atoms with Crippen LogP contribution in [0.2, 0.25) is 0 Å². The van der Waals surface area contributed by atoms with Gasteiger partial charge in [0.25, 0.3) is 5.91 Å². The number of fused-ring (bicyclic) bond motifs is 2. The Morgan fingerprint density at radius 3 is 2.35 bits per heavy atom. The van der Waals surface area contributed by atoms with Crippen LogP contribution < -0.4 is 10.6 Å². The van der Waals surface area contributed by atoms with Crippen LogP contribution in [-0.4, -0.2) is 24.0 Å². The molecule has 0 saturated carbocycles. The summed E-state index contributed by atoms with van der Waals surface area (Å²) in [7, 11) is 0. The standard InChI is InChI=1S/C15H16F4N2O.ClH/c16-13-4-1-8(15(17,18)19)5-12(13)14(22)21-11-6-9-2-3-10(7-11)20-9;/h1,4-5,9-11,20H,2-3,6-7H2,(H,21,22);1H. The van der Waals surface area contributed by atoms with Crippen LogP contribution in [0, 0.1) is 5.82 Å². The number of rotatable bonds is 2. The van der Waals surface area contributed by atoms with E-state index in [0.717, 1.165) is 25.7 Å². The van der Waals surface area contributed by atoms with E-state index in [1.165, 1.54) is 0 Å². The van der Waals surface area contributed by atoms with Crippen molar-refractivity contribution in [2.24, 2.45) is 0 Å². The van der Waals surface area contributed by atoms with Gasteiger partial charge in [-0.3, -0.25) is 4.79 Å². The monoisotopic (exact) mass is 352 g/mol. The van der Waals surface area contributed by atoms with Crippen LogP contribution in [0.5, 0.6) is 0 Å². The van der Waals surface area contributed by atoms with Crippen LogP contribution in [0.3, 0.4) is 0 Å². The third-order valence-electron chi connectivity index (χ3n) is 4.35. The minimum Gasteiger partial charge on any atom is -0.349 e. The van der Waals surface area contributed by atoms with E-state index in [1.807, 2.05) is 0 Å². The normalized spacial score (nSPS) is 26.5. The number of alkyl halides is 3. The van der Waals surface area contributed by atoms with Crippen molar-refractivity contribution >= 4 is 18.3 Å². The molecule has 2 bridgehead atoms. The number of halogens is 5. The van der Waals surface area contributed by atoms with Crippen molar-refractivity contribution in [1.82, 2.24) is 10.6 Å². The minimum atomic E-state index is -4.60. The molecule has 2 heterocycles. The van der Waals surface area contributed by atoms with Crippen molar-refractivity contribution in [3.63, 3.8) is 0 Å². The molecule has 0 radical (unpaired) electrons. The maximum absolute atomic E-state index is 13.7. The van der Waals surface area contributed by atoms with Crippen LogP contribution in [0.25, 0.3) is 0 Å². The first-order valence-corrected chi connectivity index (χ1v) is 7.26. The Hall–Kier alpha value is -1.34. The summed E-state index contributed by atoms with van der Waals surface area (Å²) in [5.41, 5.74) is -1.58. The summed E-state index contributed by atoms with van der Waals surface area (Å²) in [6.45, 7) is 0. The van der Waals surface area contributed by atoms with Crippen LogP contribution >= 0.6 is 12.4 Å². The van der Waals surface area contributed by atoms with Gasteiger partial charge in [-0.05, 0) is 43.9 Å². The lowest BCUT2D eigenvalue weighted by molar-refractivity contribution is -0.137. The number of benzene rings is 1. The molecule has 1 aromatic carbocycles. The number of amides is 1. The van der Waals surface area contributed by atoms with Crippen molar-refractivity contribution in [3.05, 3.63) is 35.1 Å². The van der Waals surface area contributed by atoms with Gasteiger partial charge in [-0.1, -0.05) is 0 Å². The molecular weight excluding hydrogens is 336 g/mol. The summed E-state index contributed by atoms with van der Waals surface area (Å²) < 4.78 is 51.7. The van der Waals surface area contributed by atoms with E-state index in [4.69, 9.17) is 0 Å². The topological polar surface area (TPSA) is 41.1 Å². The van der Waals surface area contributed by atoms with Crippen molar-refractivity contribution in [1.29, 1.82) is 0 Å². The lowest BCUT2D eigenvalue weighted by atomic mass is 9.99. The highest BCUT2D eigenvalue weighted by atomic mass is 35.5. The van der Waals surface area contributed by atoms with E-state index in [-0.39, 0.29) is 18.4 Å². The average molecular weight is 353 g/mol. The van der Waals surface area contributed by atoms with Gasteiger partial charge in [0.1, 0.15) is 5.82 Å². The highest BCUT2D eigenvalue weighted by Crippen LogP contribution is 2.31. The summed E-state index contributed by atoms with van der Waals surface area (Å²) in [4.78, 5) is 12.1. The summed E-state index contributed by atoms with van der Waals surface area (Å²) in [6.07, 6.45) is -1.08. The first kappa shape index (κ1) is 18.0. The number of hydrogen-bond donors (Lipinski definition) is 2. The molecule has 128 valence electrons. The molecule has 1 aromatic rings. The predicted molar refractivity (Wildman–Crippen MR) is 79.1 cm³/mol. The van der Waals surface area contributed by atoms with Crippen LogP contribution in [0.4, 0.5) is 17.6 Å². The van der Waals surface area contributed by atoms with Crippen LogP contribution in [-0.2, 0) is 6.18 Å². The van der Waals surface area contributed by atoms with Crippen molar-refractivity contribution < 1.29 is 22.4 Å². The molecule has 23 heavy (non-hydrogen) atoms. The Labute approximate surface area is 137 Å². The van der Waals surface area contributed by atoms with E-state index in [1.54, 1.807) is 0 Å². The lowest BCUT2D eigenvalue weighted by Crippen LogP contribution is -2.48. The molecule has 0 aliphatic carbocycles. The second kappa shape index (κ2) is 6.65. The number of carbonyl (C=O) groups excluding carboxylic acids is 1. The fourth-order valence-electron chi connectivity index (χ4n) is 3.31. The maximum Gasteiger partial charge on any atom is 0.416 e. The van der Waals surface area contributed by atoms with Crippen molar-refractivity contribution in [2.75, 3.05) is 0 Å². The highest BCUT2D eigenvalue weighted by Gasteiger charge is 2.35. The molecule has 2 aliphatic rings. The zero-order chi connectivity index (χ0) is 15.9. The van der Waals surface area contributed by atoms with Crippen molar-refractivity contribution in [3.8, 4) is 0 Å². The number of nitrogens with one attached hydrogen (secondary N) is 2. The Morgan fingerprint density at radius 1 is 1.17 bits per heavy atom. The minimum absolute atomic E-state index is 0. The lowest BCUT2D eigenvalue weighted by Gasteiger charge is -2.29. The highest BCUT2D eigenvalue weighted by molar-refractivity contribution is 5.94. The summed E-state index contributed by atoms with van der Waals surface area (Å²) >= 11 is 0. The van der Waals surface area contributed by atoms with Crippen LogP contribution in [0.1, 0.15) is 41.6 Å². The number of hydrogen-bond acceptors (Lipinski definition) is 2. The molecule has 0 spiro atoms. The molecule has 1 amide bonds. The molecular formula is C15H17ClF4N2O. The Bertz CT molecular complexity index is 581. The van der Waals surface area contributed by atoms with Gasteiger partial charge in [0.2, 0.25) is 0 Å². The van der Waals surface area contributed by atoms with E-state index >= 15 is 0 Å². The maximum atomic E-state index is 13.7. The predicted octanol–water partition coefficient (Wildman–Crippen LogP) is 3.28. The SMILES string of the molecule is Cl.O=C(NC1CC2CCC(C1)N2)c1cc(C(F)(F)F)ccc1F. The van der Waals surface area contributed by atoms with Gasteiger partial charge >= 0.3 is 6.18 Å². The molecule has 2 atom stereocenters. The third kappa shape index (κ3) is 3.95. The Balaban J connectivity index is 0.00000192. The van der Waals surface area contributed by atoms with Gasteiger partial charge in [0, 0.05) is 18.1 Å². The van der Waals surface area contributed by atoms with Gasteiger partial charge in [-0.2, -0.15) is 13.2 Å². The fraction of sp³-hybridized carbons (Fsp3) is 0.533. The first-order chi connectivity index (χ1) is 10.3. The van der Waals surface area contributed by atoms with Gasteiger partial charge in [-0.25, -0.2) is 4.39 Å². The molecule has 2 saturated heterocycles. The number of carbonyl (C=O) groups is 1. The second-order valence-corrected chi connectivity index (χ2v) is 5.97. The largest absolute Gasteiger partial charge is 0.416 e. The first-order valence-electron chi connectivity index (χ1n) is 7.26. The Morgan fingerprint density at radius 2 is 1.78 bits per heavy atom. The zero-order valence-corrected chi connectivity index (χ0v) is 12.9. The molecule has 2 N–H and O–H groups in total. The molecule has 0 aromatic heterocycles. The van der Waals surface area contributed by atoms with Gasteiger partial charge in [-0.15, -0.1) is 12.4 Å². The van der Waals surface area contributed by atoms with E-state index in [2.05, 4.69) is 10.6 Å². The van der Waals surface area contributed by atoms with Crippen molar-refractivity contribution in [2.45, 2.75) is 50.0 Å². The third-order valence-corrected chi connectivity index (χ3v) is 4.35. The van der Waals surface area contributed by atoms with E-state index in [0.29, 0.717) is 30.3 Å². The molecule has 2 aliphatic heterocycles. The number of piperidine rings is 1. The molecule has 2 unspecified atom stereocenters. The molecule has 3 rings (SSSR count). The van der Waals surface area contributed by atoms with Gasteiger partial charge < -0.3 is 10.6 Å². The fourth-order valence-corrected chi connectivity index (χ4v) is 3.31. The van der Waals surface area contributed by atoms with E-state index in [9.17, 15) is 22.4 Å². The van der Waals surface area contributed by atoms with Gasteiger partial charge in [0.05, 0.1) is 11.1 Å². The Kier molecular flexibility index (Phi) is 5.20.